The van der Waals surface area contributed by atoms with Crippen molar-refractivity contribution in [3.63, 3.8) is 0 Å². The van der Waals surface area contributed by atoms with E-state index in [0.717, 1.165) is 0 Å². The number of carboxylic acid groups (broad SMARTS) is 1. The summed E-state index contributed by atoms with van der Waals surface area (Å²) in [6.45, 7) is 3.33. The Kier molecular flexibility index (Phi) is 2.65. The fraction of sp³-hybridized carbons (Fsp3) is 0.833. The van der Waals surface area contributed by atoms with Gasteiger partial charge in [-0.2, -0.15) is 0 Å². The van der Waals surface area contributed by atoms with Crippen LogP contribution in [0.25, 0.3) is 0 Å². The molecule has 0 radical (unpaired) electrons. The summed E-state index contributed by atoms with van der Waals surface area (Å²) >= 11 is 0. The van der Waals surface area contributed by atoms with Gasteiger partial charge >= 0.3 is 5.97 Å². The number of carboxylic acids is 1. The molecular weight excluding hydrogens is 120 g/mol. The minimum absolute atomic E-state index is 0.0174. The third kappa shape index (κ3) is 3.97. The molecule has 0 amide bonds. The number of aliphatic hydroxyl groups excluding tert-OH is 1. The molecule has 0 atom stereocenters. The third-order valence-electron chi connectivity index (χ3n) is 1.06. The Bertz CT molecular complexity index is 107. The van der Waals surface area contributed by atoms with Crippen LogP contribution in [0, 0.1) is 5.41 Å². The fourth-order valence-corrected chi connectivity index (χ4v) is 0.465. The molecule has 0 rings (SSSR count). The van der Waals surface area contributed by atoms with Crippen LogP contribution in [0.1, 0.15) is 20.3 Å². The lowest BCUT2D eigenvalue weighted by Crippen LogP contribution is -2.20. The maximum Gasteiger partial charge on any atom is 0.303 e. The minimum Gasteiger partial charge on any atom is -0.481 e. The molecule has 0 heterocycles. The van der Waals surface area contributed by atoms with Gasteiger partial charge in [0.05, 0.1) is 6.42 Å². The summed E-state index contributed by atoms with van der Waals surface area (Å²) in [5.74, 6) is -0.867. The summed E-state index contributed by atoms with van der Waals surface area (Å²) in [5, 5.41) is 16.8. The van der Waals surface area contributed by atoms with E-state index in [9.17, 15) is 4.79 Å². The van der Waals surface area contributed by atoms with Gasteiger partial charge in [0.15, 0.2) is 0 Å². The van der Waals surface area contributed by atoms with E-state index in [1.807, 2.05) is 0 Å². The average Bonchev–Trinajstić information content (AvgIpc) is 1.63. The number of rotatable bonds is 3. The Labute approximate surface area is 54.3 Å². The monoisotopic (exact) mass is 132 g/mol. The molecule has 0 bridgehead atoms. The molecule has 2 N–H and O–H groups in total. The molecule has 9 heavy (non-hydrogen) atoms. The molecule has 54 valence electrons. The van der Waals surface area contributed by atoms with Gasteiger partial charge in [0.1, 0.15) is 0 Å². The molecule has 0 aliphatic carbocycles. The van der Waals surface area contributed by atoms with E-state index in [-0.39, 0.29) is 13.0 Å². The van der Waals surface area contributed by atoms with Gasteiger partial charge < -0.3 is 10.2 Å². The van der Waals surface area contributed by atoms with Gasteiger partial charge in [0.25, 0.3) is 0 Å². The van der Waals surface area contributed by atoms with Crippen molar-refractivity contribution in [2.75, 3.05) is 6.61 Å². The number of aliphatic hydroxyl groups is 1. The standard InChI is InChI=1S/C6H12O3/c1-6(2,4-7)3-5(8)9/h7H,3-4H2,1-2H3,(H,8,9). The molecule has 0 saturated carbocycles. The first-order valence-corrected chi connectivity index (χ1v) is 2.80. The van der Waals surface area contributed by atoms with Crippen molar-refractivity contribution in [3.05, 3.63) is 0 Å². The predicted molar refractivity (Wildman–Crippen MR) is 33.1 cm³/mol. The third-order valence-corrected chi connectivity index (χ3v) is 1.06. The van der Waals surface area contributed by atoms with Crippen molar-refractivity contribution in [1.29, 1.82) is 0 Å². The van der Waals surface area contributed by atoms with Crippen LogP contribution in [-0.2, 0) is 4.79 Å². The van der Waals surface area contributed by atoms with Crippen LogP contribution in [0.3, 0.4) is 0 Å². The number of hydrogen-bond acceptors (Lipinski definition) is 2. The lowest BCUT2D eigenvalue weighted by molar-refractivity contribution is -0.139. The number of carbonyl (C=O) groups is 1. The molecule has 0 aromatic carbocycles. The highest BCUT2D eigenvalue weighted by Crippen LogP contribution is 2.17. The fourth-order valence-electron chi connectivity index (χ4n) is 0.465. The quantitative estimate of drug-likeness (QED) is 0.587. The van der Waals surface area contributed by atoms with Crippen LogP contribution in [0.5, 0.6) is 0 Å². The molecule has 0 fully saturated rings. The number of aliphatic carboxylic acids is 1. The molecule has 0 aromatic rings. The molecule has 0 aromatic heterocycles. The Balaban J connectivity index is 3.71. The van der Waals surface area contributed by atoms with Crippen molar-refractivity contribution in [3.8, 4) is 0 Å². The molecular formula is C6H12O3. The summed E-state index contributed by atoms with van der Waals surface area (Å²) in [6.07, 6.45) is 0.0174. The number of hydrogen-bond donors (Lipinski definition) is 2. The Morgan fingerprint density at radius 3 is 2.11 bits per heavy atom. The summed E-state index contributed by atoms with van der Waals surface area (Å²) in [6, 6.07) is 0. The predicted octanol–water partition coefficient (Wildman–Crippen LogP) is 0.480. The SMILES string of the molecule is CC(C)(CO)CC(=O)O. The molecule has 0 saturated heterocycles. The topological polar surface area (TPSA) is 57.5 Å². The van der Waals surface area contributed by atoms with E-state index >= 15 is 0 Å². The van der Waals surface area contributed by atoms with E-state index in [2.05, 4.69) is 0 Å². The molecule has 0 aliphatic rings. The van der Waals surface area contributed by atoms with E-state index in [1.54, 1.807) is 13.8 Å². The summed E-state index contributed by atoms with van der Waals surface area (Å²) in [7, 11) is 0. The summed E-state index contributed by atoms with van der Waals surface area (Å²) < 4.78 is 0. The van der Waals surface area contributed by atoms with Crippen LogP contribution >= 0.6 is 0 Å². The highest BCUT2D eigenvalue weighted by atomic mass is 16.4. The first-order valence-electron chi connectivity index (χ1n) is 2.80. The van der Waals surface area contributed by atoms with E-state index < -0.39 is 11.4 Å². The Morgan fingerprint density at radius 1 is 1.56 bits per heavy atom. The van der Waals surface area contributed by atoms with Crippen LogP contribution in [0.2, 0.25) is 0 Å². The molecule has 3 nitrogen and oxygen atoms in total. The Morgan fingerprint density at radius 2 is 2.00 bits per heavy atom. The smallest absolute Gasteiger partial charge is 0.303 e. The lowest BCUT2D eigenvalue weighted by Gasteiger charge is -2.17. The van der Waals surface area contributed by atoms with Crippen molar-refractivity contribution in [2.45, 2.75) is 20.3 Å². The average molecular weight is 132 g/mol. The van der Waals surface area contributed by atoms with Crippen molar-refractivity contribution >= 4 is 5.97 Å². The second kappa shape index (κ2) is 2.82. The first-order chi connectivity index (χ1) is 3.98. The highest BCUT2D eigenvalue weighted by molar-refractivity contribution is 5.67. The zero-order chi connectivity index (χ0) is 7.49. The van der Waals surface area contributed by atoms with Crippen LogP contribution in [0.15, 0.2) is 0 Å². The van der Waals surface area contributed by atoms with Gasteiger partial charge in [0.2, 0.25) is 0 Å². The van der Waals surface area contributed by atoms with E-state index in [1.165, 1.54) is 0 Å². The normalized spacial score (nSPS) is 11.4. The molecule has 0 unspecified atom stereocenters. The highest BCUT2D eigenvalue weighted by Gasteiger charge is 2.19. The zero-order valence-corrected chi connectivity index (χ0v) is 5.72. The van der Waals surface area contributed by atoms with Gasteiger partial charge in [0, 0.05) is 6.61 Å². The minimum atomic E-state index is -0.867. The van der Waals surface area contributed by atoms with Gasteiger partial charge in [-0.1, -0.05) is 13.8 Å². The second-order valence-corrected chi connectivity index (χ2v) is 2.89. The van der Waals surface area contributed by atoms with Crippen molar-refractivity contribution in [1.82, 2.24) is 0 Å². The summed E-state index contributed by atoms with van der Waals surface area (Å²) in [5.41, 5.74) is -0.480. The second-order valence-electron chi connectivity index (χ2n) is 2.89. The van der Waals surface area contributed by atoms with Gasteiger partial charge in [-0.15, -0.1) is 0 Å². The molecule has 3 heteroatoms. The van der Waals surface area contributed by atoms with Gasteiger partial charge in [-0.05, 0) is 5.41 Å². The van der Waals surface area contributed by atoms with E-state index in [4.69, 9.17) is 10.2 Å². The lowest BCUT2D eigenvalue weighted by atomic mass is 9.91. The van der Waals surface area contributed by atoms with Crippen molar-refractivity contribution < 1.29 is 15.0 Å². The van der Waals surface area contributed by atoms with Crippen molar-refractivity contribution in [2.24, 2.45) is 5.41 Å². The van der Waals surface area contributed by atoms with Crippen LogP contribution < -0.4 is 0 Å². The van der Waals surface area contributed by atoms with Gasteiger partial charge in [-0.3, -0.25) is 4.79 Å². The maximum atomic E-state index is 10.1. The summed E-state index contributed by atoms with van der Waals surface area (Å²) in [4.78, 5) is 10.1. The Hall–Kier alpha value is -0.570. The zero-order valence-electron chi connectivity index (χ0n) is 5.72. The first kappa shape index (κ1) is 8.43. The van der Waals surface area contributed by atoms with Gasteiger partial charge in [-0.25, -0.2) is 0 Å². The molecule has 0 aliphatic heterocycles. The largest absolute Gasteiger partial charge is 0.481 e. The maximum absolute atomic E-state index is 10.1. The van der Waals surface area contributed by atoms with E-state index in [0.29, 0.717) is 0 Å². The van der Waals surface area contributed by atoms with Crippen LogP contribution in [-0.4, -0.2) is 22.8 Å². The molecule has 0 spiro atoms. The van der Waals surface area contributed by atoms with Crippen LogP contribution in [0.4, 0.5) is 0 Å².